The number of benzene rings is 8. The molecule has 6 heteroatoms. The van der Waals surface area contributed by atoms with E-state index in [9.17, 15) is 2.74 Å². The van der Waals surface area contributed by atoms with E-state index >= 15 is 0 Å². The van der Waals surface area contributed by atoms with Crippen molar-refractivity contribution >= 4 is 32.8 Å². The van der Waals surface area contributed by atoms with Crippen LogP contribution in [0.2, 0.25) is 0 Å². The summed E-state index contributed by atoms with van der Waals surface area (Å²) in [6, 6.07) is 56.7. The largest absolute Gasteiger partial charge is 0.510 e. The van der Waals surface area contributed by atoms with Gasteiger partial charge in [0, 0.05) is 49.8 Å². The van der Waals surface area contributed by atoms with Crippen molar-refractivity contribution in [2.75, 3.05) is 0 Å². The molecule has 1 atom stereocenters. The summed E-state index contributed by atoms with van der Waals surface area (Å²) in [5.74, 6) is 2.44. The molecule has 1 unspecified atom stereocenters. The second kappa shape index (κ2) is 19.6. The number of nitrogens with zero attached hydrogens (tertiary/aromatic N) is 4. The molecule has 11 rings (SSSR count). The molecule has 0 amide bonds. The van der Waals surface area contributed by atoms with Crippen LogP contribution in [0.15, 0.2) is 188 Å². The van der Waals surface area contributed by atoms with E-state index in [4.69, 9.17) is 13.8 Å². The topological polar surface area (TPSA) is 35.9 Å². The van der Waals surface area contributed by atoms with E-state index in [1.54, 1.807) is 0 Å². The minimum Gasteiger partial charge on any atom is -0.510 e. The Labute approximate surface area is 452 Å². The zero-order chi connectivity index (χ0) is 54.2. The van der Waals surface area contributed by atoms with Crippen LogP contribution in [0.3, 0.4) is 0 Å². The molecule has 0 aliphatic rings. The number of imidazole rings is 1. The van der Waals surface area contributed by atoms with Crippen molar-refractivity contribution in [2.24, 2.45) is 5.92 Å². The van der Waals surface area contributed by atoms with Gasteiger partial charge in [-0.3, -0.25) is 4.57 Å². The molecular formula is C67H60N4OPt-2. The summed E-state index contributed by atoms with van der Waals surface area (Å²) >= 11 is 0. The fraction of sp³-hybridized carbons (Fsp3) is 0.194. The molecule has 0 saturated carbocycles. The third-order valence-electron chi connectivity index (χ3n) is 14.1. The van der Waals surface area contributed by atoms with Crippen LogP contribution >= 0.6 is 0 Å². The Morgan fingerprint density at radius 2 is 1.23 bits per heavy atom. The number of para-hydroxylation sites is 4. The molecule has 0 saturated heterocycles. The average molecular weight is 1140 g/mol. The Kier molecular flexibility index (Phi) is 11.6. The van der Waals surface area contributed by atoms with Crippen LogP contribution in [0.25, 0.3) is 83.4 Å². The van der Waals surface area contributed by atoms with Crippen molar-refractivity contribution in [3.8, 4) is 62.1 Å². The molecule has 0 aliphatic heterocycles. The Morgan fingerprint density at radius 1 is 0.589 bits per heavy atom. The summed E-state index contributed by atoms with van der Waals surface area (Å²) in [6.07, 6.45) is 5.68. The first kappa shape index (κ1) is 43.3. The smallest absolute Gasteiger partial charge is 0.268 e. The SMILES string of the molecule is [2H]c1c([2H])c([2H])c(-c2cccc(-c3cc(C(C)(C)C)cc(C(C)(C)C)c3)c2-[n+]2[c-]n(-c3[c-]c(Oc4[c-]c5c(cc4)c4ccccc4n5-c4cc(C(C)C(C)C)c(-c5ccccc5)cn4)ccc3)c3ccccc32)c([2H])c1[2H].[Pt]. The summed E-state index contributed by atoms with van der Waals surface area (Å²) in [7, 11) is 0. The van der Waals surface area contributed by atoms with E-state index in [2.05, 4.69) is 164 Å². The number of pyridine rings is 1. The van der Waals surface area contributed by atoms with E-state index in [1.165, 1.54) is 5.56 Å². The van der Waals surface area contributed by atoms with E-state index in [0.29, 0.717) is 34.4 Å². The molecule has 0 aliphatic carbocycles. The van der Waals surface area contributed by atoms with Gasteiger partial charge in [-0.2, -0.15) is 18.2 Å². The normalized spacial score (nSPS) is 13.4. The summed E-state index contributed by atoms with van der Waals surface area (Å²) in [5, 5.41) is 2.11. The van der Waals surface area contributed by atoms with Crippen molar-refractivity contribution in [1.29, 1.82) is 0 Å². The van der Waals surface area contributed by atoms with Crippen molar-refractivity contribution in [3.63, 3.8) is 0 Å². The van der Waals surface area contributed by atoms with Gasteiger partial charge in [0.25, 0.3) is 6.33 Å². The second-order valence-corrected chi connectivity index (χ2v) is 21.2. The minimum absolute atomic E-state index is 0. The molecule has 0 bridgehead atoms. The number of hydrogen-bond donors (Lipinski definition) is 0. The third-order valence-corrected chi connectivity index (χ3v) is 14.1. The van der Waals surface area contributed by atoms with Crippen LogP contribution in [-0.2, 0) is 31.9 Å². The maximum absolute atomic E-state index is 9.24. The van der Waals surface area contributed by atoms with Gasteiger partial charge in [-0.25, -0.2) is 4.98 Å². The first-order valence-corrected chi connectivity index (χ1v) is 24.8. The number of ether oxygens (including phenoxy) is 1. The van der Waals surface area contributed by atoms with E-state index in [0.717, 1.165) is 72.0 Å². The summed E-state index contributed by atoms with van der Waals surface area (Å²) in [5.41, 5.74) is 12.4. The Balaban J connectivity index is 0.00000688. The van der Waals surface area contributed by atoms with Crippen molar-refractivity contribution in [1.82, 2.24) is 14.1 Å². The van der Waals surface area contributed by atoms with E-state index in [-0.39, 0.29) is 55.5 Å². The predicted octanol–water partition coefficient (Wildman–Crippen LogP) is 16.9. The molecule has 3 aromatic heterocycles. The van der Waals surface area contributed by atoms with Gasteiger partial charge in [0.2, 0.25) is 0 Å². The van der Waals surface area contributed by atoms with Crippen LogP contribution in [0.5, 0.6) is 11.5 Å². The molecule has 0 radical (unpaired) electrons. The zero-order valence-electron chi connectivity index (χ0n) is 47.7. The Hall–Kier alpha value is -7.33. The molecular weight excluding hydrogens is 1070 g/mol. The van der Waals surface area contributed by atoms with Gasteiger partial charge < -0.3 is 13.9 Å². The number of aromatic nitrogens is 4. The van der Waals surface area contributed by atoms with Crippen LogP contribution in [0.1, 0.15) is 91.8 Å². The van der Waals surface area contributed by atoms with Crippen molar-refractivity contribution < 1.29 is 37.2 Å². The minimum atomic E-state index is -0.446. The van der Waals surface area contributed by atoms with Crippen LogP contribution in [-0.4, -0.2) is 14.1 Å². The van der Waals surface area contributed by atoms with Crippen LogP contribution in [0, 0.1) is 24.4 Å². The van der Waals surface area contributed by atoms with Crippen molar-refractivity contribution in [3.05, 3.63) is 223 Å². The zero-order valence-corrected chi connectivity index (χ0v) is 45.0. The standard InChI is InChI=1S/C67H60N4O.Pt/c1-44(2)45(3)58-41-64(68-42-59(58)47-24-14-11-15-25-47)71-60-31-17-16-28-56(60)57-35-34-53(40-63(57)71)72-52-27-20-26-51(39-52)69-43-70(62-33-19-18-32-61(62)69)65-54(46-22-12-10-13-23-46)29-21-30-55(65)48-36-49(66(4,5)6)38-50(37-48)67(7,8)9;/h10-38,41-42,44-45H,1-9H3;/q-2;/i10D,12D,13D,22D,23D;. The summed E-state index contributed by atoms with van der Waals surface area (Å²) < 4.78 is 57.3. The predicted molar refractivity (Wildman–Crippen MR) is 297 cm³/mol. The fourth-order valence-corrected chi connectivity index (χ4v) is 9.75. The molecule has 11 aromatic rings. The van der Waals surface area contributed by atoms with Gasteiger partial charge in [0.15, 0.2) is 0 Å². The molecule has 366 valence electrons. The number of hydrogen-bond acceptors (Lipinski definition) is 2. The third kappa shape index (κ3) is 9.37. The quantitative estimate of drug-likeness (QED) is 0.101. The monoisotopic (exact) mass is 1140 g/mol. The molecule has 0 spiro atoms. The molecule has 73 heavy (non-hydrogen) atoms. The number of rotatable bonds is 10. The van der Waals surface area contributed by atoms with Gasteiger partial charge in [0.05, 0.1) is 23.6 Å². The maximum atomic E-state index is 9.24. The van der Waals surface area contributed by atoms with Crippen LogP contribution in [0.4, 0.5) is 0 Å². The van der Waals surface area contributed by atoms with Crippen molar-refractivity contribution in [2.45, 2.75) is 79.1 Å². The first-order valence-electron chi connectivity index (χ1n) is 27.3. The first-order chi connectivity index (χ1) is 36.8. The fourth-order valence-electron chi connectivity index (χ4n) is 9.75. The van der Waals surface area contributed by atoms with Gasteiger partial charge >= 0.3 is 0 Å². The summed E-state index contributed by atoms with van der Waals surface area (Å²) in [4.78, 5) is 5.14. The van der Waals surface area contributed by atoms with Gasteiger partial charge in [-0.15, -0.1) is 29.7 Å². The number of fused-ring (bicyclic) bond motifs is 4. The molecule has 8 aromatic carbocycles. The van der Waals surface area contributed by atoms with Crippen LogP contribution < -0.4 is 9.30 Å². The van der Waals surface area contributed by atoms with Gasteiger partial charge in [0.1, 0.15) is 5.82 Å². The van der Waals surface area contributed by atoms with E-state index in [1.807, 2.05) is 88.1 Å². The molecule has 3 heterocycles. The van der Waals surface area contributed by atoms with E-state index < -0.39 is 18.1 Å². The molecule has 0 N–H and O–H groups in total. The molecule has 0 fully saturated rings. The van der Waals surface area contributed by atoms with Gasteiger partial charge in [-0.1, -0.05) is 207 Å². The average Bonchev–Trinajstić information content (AvgIpc) is 4.07. The Bertz CT molecular complexity index is 4050. The summed E-state index contributed by atoms with van der Waals surface area (Å²) in [6.45, 7) is 20.0. The Morgan fingerprint density at radius 3 is 1.95 bits per heavy atom. The van der Waals surface area contributed by atoms with Gasteiger partial charge in [-0.05, 0) is 90.4 Å². The maximum Gasteiger partial charge on any atom is 0.268 e. The second-order valence-electron chi connectivity index (χ2n) is 21.2. The molecule has 5 nitrogen and oxygen atoms in total.